The van der Waals surface area contributed by atoms with Gasteiger partial charge in [0.25, 0.3) is 0 Å². The Bertz CT molecular complexity index is 477. The number of hydrogen-bond donors (Lipinski definition) is 1. The molecule has 0 bridgehead atoms. The van der Waals surface area contributed by atoms with E-state index >= 15 is 0 Å². The molecule has 0 aliphatic carbocycles. The number of pyridine rings is 1. The Balaban J connectivity index is 2.49. The van der Waals surface area contributed by atoms with E-state index in [1.165, 1.54) is 12.1 Å². The molecule has 2 rings (SSSR count). The van der Waals surface area contributed by atoms with Gasteiger partial charge in [-0.1, -0.05) is 0 Å². The second kappa shape index (κ2) is 3.69. The first kappa shape index (κ1) is 9.65. The molecule has 0 aliphatic heterocycles. The van der Waals surface area contributed by atoms with Gasteiger partial charge in [-0.05, 0) is 42.8 Å². The van der Waals surface area contributed by atoms with Crippen molar-refractivity contribution < 1.29 is 4.39 Å². The summed E-state index contributed by atoms with van der Waals surface area (Å²) in [6, 6.07) is 7.99. The average molecular weight is 202 g/mol. The van der Waals surface area contributed by atoms with Crippen molar-refractivity contribution in [2.24, 2.45) is 0 Å². The van der Waals surface area contributed by atoms with Crippen molar-refractivity contribution in [1.29, 1.82) is 0 Å². The van der Waals surface area contributed by atoms with Crippen LogP contribution in [0.5, 0.6) is 0 Å². The van der Waals surface area contributed by atoms with Crippen LogP contribution in [0.2, 0.25) is 0 Å². The Hall–Kier alpha value is -1.90. The molecule has 0 radical (unpaired) electrons. The van der Waals surface area contributed by atoms with Crippen LogP contribution in [0.1, 0.15) is 5.56 Å². The van der Waals surface area contributed by atoms with E-state index in [-0.39, 0.29) is 5.82 Å². The quantitative estimate of drug-likeness (QED) is 0.772. The minimum Gasteiger partial charge on any atom is -0.397 e. The van der Waals surface area contributed by atoms with E-state index in [0.717, 1.165) is 11.1 Å². The highest BCUT2D eigenvalue weighted by Crippen LogP contribution is 2.23. The molecule has 0 fully saturated rings. The number of aromatic nitrogens is 1. The molecule has 1 aromatic carbocycles. The van der Waals surface area contributed by atoms with Crippen LogP contribution in [0.4, 0.5) is 10.1 Å². The zero-order valence-electron chi connectivity index (χ0n) is 8.37. The molecule has 0 spiro atoms. The first-order valence-corrected chi connectivity index (χ1v) is 4.65. The van der Waals surface area contributed by atoms with Gasteiger partial charge >= 0.3 is 0 Å². The maximum absolute atomic E-state index is 12.7. The lowest BCUT2D eigenvalue weighted by Gasteiger charge is -2.05. The van der Waals surface area contributed by atoms with Crippen LogP contribution in [0, 0.1) is 12.7 Å². The summed E-state index contributed by atoms with van der Waals surface area (Å²) in [7, 11) is 0. The molecule has 0 amide bonds. The third-order valence-corrected chi connectivity index (χ3v) is 2.17. The van der Waals surface area contributed by atoms with Gasteiger partial charge < -0.3 is 5.73 Å². The minimum atomic E-state index is -0.260. The molecule has 0 saturated carbocycles. The molecular weight excluding hydrogens is 191 g/mol. The maximum Gasteiger partial charge on any atom is 0.123 e. The third kappa shape index (κ3) is 1.96. The Kier molecular flexibility index (Phi) is 2.37. The van der Waals surface area contributed by atoms with Crippen LogP contribution in [0.15, 0.2) is 36.5 Å². The lowest BCUT2D eigenvalue weighted by atomic mass is 10.1. The average Bonchev–Trinajstić information content (AvgIpc) is 2.20. The van der Waals surface area contributed by atoms with Crippen molar-refractivity contribution in [3.63, 3.8) is 0 Å². The number of nitrogen functional groups attached to an aromatic ring is 1. The number of nitrogens with zero attached hydrogens (tertiary/aromatic N) is 1. The summed E-state index contributed by atoms with van der Waals surface area (Å²) in [5, 5.41) is 0. The number of anilines is 1. The molecule has 76 valence electrons. The van der Waals surface area contributed by atoms with Crippen molar-refractivity contribution in [2.45, 2.75) is 6.92 Å². The fourth-order valence-electron chi connectivity index (χ4n) is 1.44. The molecule has 2 N–H and O–H groups in total. The van der Waals surface area contributed by atoms with Crippen molar-refractivity contribution in [1.82, 2.24) is 4.98 Å². The van der Waals surface area contributed by atoms with Gasteiger partial charge in [0.2, 0.25) is 0 Å². The molecule has 0 saturated heterocycles. The highest BCUT2D eigenvalue weighted by atomic mass is 19.1. The summed E-state index contributed by atoms with van der Waals surface area (Å²) in [4.78, 5) is 4.23. The molecule has 0 unspecified atom stereocenters. The van der Waals surface area contributed by atoms with Crippen molar-refractivity contribution in [2.75, 3.05) is 5.73 Å². The van der Waals surface area contributed by atoms with Crippen LogP contribution < -0.4 is 5.73 Å². The second-order valence-corrected chi connectivity index (χ2v) is 3.46. The fourth-order valence-corrected chi connectivity index (χ4v) is 1.44. The standard InChI is InChI=1S/C12H11FN2/c1-8-6-11(14)12(15-7-8)9-2-4-10(13)5-3-9/h2-7H,14H2,1H3. The zero-order valence-corrected chi connectivity index (χ0v) is 8.37. The third-order valence-electron chi connectivity index (χ3n) is 2.17. The summed E-state index contributed by atoms with van der Waals surface area (Å²) in [5.74, 6) is -0.260. The Morgan fingerprint density at radius 1 is 1.20 bits per heavy atom. The number of rotatable bonds is 1. The van der Waals surface area contributed by atoms with Crippen LogP contribution in [-0.2, 0) is 0 Å². The van der Waals surface area contributed by atoms with Gasteiger partial charge in [0.1, 0.15) is 5.82 Å². The molecule has 3 heteroatoms. The molecule has 0 atom stereocenters. The monoisotopic (exact) mass is 202 g/mol. The number of benzene rings is 1. The number of aryl methyl sites for hydroxylation is 1. The predicted molar refractivity (Wildman–Crippen MR) is 58.8 cm³/mol. The van der Waals surface area contributed by atoms with Gasteiger partial charge in [0.15, 0.2) is 0 Å². The Morgan fingerprint density at radius 3 is 2.47 bits per heavy atom. The molecule has 1 heterocycles. The van der Waals surface area contributed by atoms with Crippen molar-refractivity contribution in [3.8, 4) is 11.3 Å². The largest absolute Gasteiger partial charge is 0.397 e. The number of halogens is 1. The first-order chi connectivity index (χ1) is 7.16. The van der Waals surface area contributed by atoms with E-state index in [4.69, 9.17) is 5.73 Å². The highest BCUT2D eigenvalue weighted by molar-refractivity contribution is 5.72. The van der Waals surface area contributed by atoms with Crippen molar-refractivity contribution >= 4 is 5.69 Å². The van der Waals surface area contributed by atoms with Gasteiger partial charge in [-0.25, -0.2) is 4.39 Å². The van der Waals surface area contributed by atoms with E-state index in [9.17, 15) is 4.39 Å². The Labute approximate surface area is 87.6 Å². The van der Waals surface area contributed by atoms with Crippen LogP contribution in [-0.4, -0.2) is 4.98 Å². The van der Waals surface area contributed by atoms with E-state index < -0.39 is 0 Å². The van der Waals surface area contributed by atoms with Crippen LogP contribution in [0.25, 0.3) is 11.3 Å². The number of nitrogens with two attached hydrogens (primary N) is 1. The van der Waals surface area contributed by atoms with Crippen molar-refractivity contribution in [3.05, 3.63) is 47.9 Å². The van der Waals surface area contributed by atoms with E-state index in [1.807, 2.05) is 13.0 Å². The smallest absolute Gasteiger partial charge is 0.123 e. The minimum absolute atomic E-state index is 0.260. The normalized spacial score (nSPS) is 10.3. The summed E-state index contributed by atoms with van der Waals surface area (Å²) in [6.45, 7) is 1.93. The first-order valence-electron chi connectivity index (χ1n) is 4.65. The van der Waals surface area contributed by atoms with Gasteiger partial charge in [-0.15, -0.1) is 0 Å². The molecular formula is C12H11FN2. The van der Waals surface area contributed by atoms with Gasteiger partial charge in [-0.2, -0.15) is 0 Å². The molecule has 2 nitrogen and oxygen atoms in total. The van der Waals surface area contributed by atoms with E-state index in [2.05, 4.69) is 4.98 Å². The lowest BCUT2D eigenvalue weighted by Crippen LogP contribution is -1.94. The molecule has 1 aromatic heterocycles. The predicted octanol–water partition coefficient (Wildman–Crippen LogP) is 2.78. The number of hydrogen-bond acceptors (Lipinski definition) is 2. The van der Waals surface area contributed by atoms with Crippen LogP contribution in [0.3, 0.4) is 0 Å². The fraction of sp³-hybridized carbons (Fsp3) is 0.0833. The van der Waals surface area contributed by atoms with Gasteiger partial charge in [-0.3, -0.25) is 4.98 Å². The molecule has 2 aromatic rings. The van der Waals surface area contributed by atoms with Gasteiger partial charge in [0.05, 0.1) is 11.4 Å². The summed E-state index contributed by atoms with van der Waals surface area (Å²) in [6.07, 6.45) is 1.75. The topological polar surface area (TPSA) is 38.9 Å². The summed E-state index contributed by atoms with van der Waals surface area (Å²) >= 11 is 0. The molecule has 15 heavy (non-hydrogen) atoms. The van der Waals surface area contributed by atoms with E-state index in [0.29, 0.717) is 11.4 Å². The zero-order chi connectivity index (χ0) is 10.8. The van der Waals surface area contributed by atoms with Gasteiger partial charge in [0, 0.05) is 11.8 Å². The van der Waals surface area contributed by atoms with E-state index in [1.54, 1.807) is 18.3 Å². The highest BCUT2D eigenvalue weighted by Gasteiger charge is 2.04. The SMILES string of the molecule is Cc1cnc(-c2ccc(F)cc2)c(N)c1. The second-order valence-electron chi connectivity index (χ2n) is 3.46. The molecule has 0 aliphatic rings. The lowest BCUT2D eigenvalue weighted by molar-refractivity contribution is 0.628. The van der Waals surface area contributed by atoms with Crippen LogP contribution >= 0.6 is 0 Å². The maximum atomic E-state index is 12.7. The summed E-state index contributed by atoms with van der Waals surface area (Å²) in [5.41, 5.74) is 8.98. The Morgan fingerprint density at radius 2 is 1.87 bits per heavy atom. The summed E-state index contributed by atoms with van der Waals surface area (Å²) < 4.78 is 12.7.